The van der Waals surface area contributed by atoms with Gasteiger partial charge in [-0.3, -0.25) is 9.39 Å². The van der Waals surface area contributed by atoms with E-state index in [-0.39, 0.29) is 0 Å². The minimum absolute atomic E-state index is 0.700. The van der Waals surface area contributed by atoms with Gasteiger partial charge in [0.1, 0.15) is 5.65 Å². The van der Waals surface area contributed by atoms with Crippen LogP contribution in [0.4, 0.5) is 11.4 Å². The summed E-state index contributed by atoms with van der Waals surface area (Å²) in [7, 11) is 0. The van der Waals surface area contributed by atoms with E-state index >= 15 is 0 Å². The van der Waals surface area contributed by atoms with E-state index in [4.69, 9.17) is 5.73 Å². The molecular weight excluding hydrogens is 579 g/mol. The summed E-state index contributed by atoms with van der Waals surface area (Å²) in [5, 5.41) is 4.27. The minimum atomic E-state index is 0.700. The summed E-state index contributed by atoms with van der Waals surface area (Å²) in [4.78, 5) is 10.2. The number of para-hydroxylation sites is 2. The van der Waals surface area contributed by atoms with Crippen LogP contribution < -0.4 is 11.1 Å². The topological polar surface area (TPSA) is 67.7 Å². The van der Waals surface area contributed by atoms with Gasteiger partial charge in [-0.2, -0.15) is 0 Å². The normalized spacial score (nSPS) is 11.3. The van der Waals surface area contributed by atoms with Crippen molar-refractivity contribution < 1.29 is 0 Å². The van der Waals surface area contributed by atoms with Gasteiger partial charge in [0.05, 0.1) is 37.4 Å². The van der Waals surface area contributed by atoms with Crippen LogP contribution in [0.2, 0.25) is 0 Å². The average Bonchev–Trinajstić information content (AvgIpc) is 3.69. The van der Waals surface area contributed by atoms with Gasteiger partial charge in [0.15, 0.2) is 0 Å². The third kappa shape index (κ3) is 9.46. The number of pyridine rings is 1. The van der Waals surface area contributed by atoms with Crippen LogP contribution in [0, 0.1) is 6.92 Å². The Morgan fingerprint density at radius 3 is 2.32 bits per heavy atom. The van der Waals surface area contributed by atoms with E-state index in [1.165, 1.54) is 16.7 Å². The van der Waals surface area contributed by atoms with Crippen molar-refractivity contribution in [3.05, 3.63) is 125 Å². The largest absolute Gasteiger partial charge is 0.397 e. The van der Waals surface area contributed by atoms with E-state index in [2.05, 4.69) is 102 Å². The maximum Gasteiger partial charge on any atom is 0.137 e. The number of aromatic nitrogens is 2. The van der Waals surface area contributed by atoms with Crippen molar-refractivity contribution in [1.29, 1.82) is 0 Å². The lowest BCUT2D eigenvalue weighted by atomic mass is 10.0. The van der Waals surface area contributed by atoms with Gasteiger partial charge in [-0.1, -0.05) is 82.4 Å². The zero-order valence-electron chi connectivity index (χ0n) is 27.0. The number of thioether (sulfide) groups is 1. The van der Waals surface area contributed by atoms with Crippen LogP contribution in [0.5, 0.6) is 0 Å². The molecule has 230 valence electrons. The summed E-state index contributed by atoms with van der Waals surface area (Å²) in [6.45, 7) is 18.7. The van der Waals surface area contributed by atoms with Crippen molar-refractivity contribution in [2.75, 3.05) is 11.1 Å². The van der Waals surface area contributed by atoms with E-state index in [9.17, 15) is 0 Å². The Balaban J connectivity index is 0.000000372. The Labute approximate surface area is 271 Å². The van der Waals surface area contributed by atoms with Gasteiger partial charge in [0, 0.05) is 18.1 Å². The molecule has 0 fully saturated rings. The van der Waals surface area contributed by atoms with Crippen LogP contribution >= 0.6 is 23.1 Å². The fraction of sp³-hybridized carbons (Fsp3) is 0.243. The molecule has 0 spiro atoms. The smallest absolute Gasteiger partial charge is 0.137 e. The third-order valence-corrected chi connectivity index (χ3v) is 8.94. The van der Waals surface area contributed by atoms with E-state index in [0.29, 0.717) is 5.69 Å². The number of thiophene rings is 1. The third-order valence-electron chi connectivity index (χ3n) is 6.77. The number of nitrogens with zero attached hydrogens (tertiary/aromatic N) is 3. The molecule has 0 saturated heterocycles. The fourth-order valence-electron chi connectivity index (χ4n) is 4.42. The lowest BCUT2D eigenvalue weighted by Gasteiger charge is -2.10. The molecule has 3 N–H and O–H groups in total. The highest BCUT2D eigenvalue weighted by molar-refractivity contribution is 8.15. The molecule has 0 saturated carbocycles. The molecule has 5 nitrogen and oxygen atoms in total. The van der Waals surface area contributed by atoms with Gasteiger partial charge >= 0.3 is 0 Å². The maximum atomic E-state index is 6.02. The lowest BCUT2D eigenvalue weighted by Crippen LogP contribution is -1.99. The number of nitrogen functional groups attached to an aromatic ring is 1. The molecule has 2 aromatic carbocycles. The molecule has 0 aliphatic rings. The Morgan fingerprint density at radius 2 is 1.66 bits per heavy atom. The van der Waals surface area contributed by atoms with Crippen molar-refractivity contribution in [3.8, 4) is 0 Å². The van der Waals surface area contributed by atoms with Gasteiger partial charge in [-0.05, 0) is 92.3 Å². The SMILES string of the molecule is C=C(Nc1ccccc1N)c1ccc(SC(C)=N/C=C(\C)c2cnc3cc(C)ccn23)s1.CC.CCc1ccccc1CC. The number of aliphatic imine (C=N–C) groups is 1. The molecule has 0 aliphatic carbocycles. The van der Waals surface area contributed by atoms with Crippen LogP contribution in [-0.4, -0.2) is 14.4 Å². The molecule has 7 heteroatoms. The van der Waals surface area contributed by atoms with Gasteiger partial charge < -0.3 is 11.1 Å². The highest BCUT2D eigenvalue weighted by atomic mass is 32.2. The minimum Gasteiger partial charge on any atom is -0.397 e. The van der Waals surface area contributed by atoms with Gasteiger partial charge in [-0.15, -0.1) is 11.3 Å². The van der Waals surface area contributed by atoms with Crippen LogP contribution in [0.1, 0.15) is 68.8 Å². The molecule has 0 atom stereocenters. The highest BCUT2D eigenvalue weighted by Crippen LogP contribution is 2.33. The molecule has 0 bridgehead atoms. The number of hydrogen-bond acceptors (Lipinski definition) is 6. The molecule has 5 rings (SSSR count). The van der Waals surface area contributed by atoms with E-state index in [0.717, 1.165) is 55.3 Å². The van der Waals surface area contributed by atoms with Crippen LogP contribution in [0.25, 0.3) is 16.9 Å². The Hall–Kier alpha value is -4.07. The Kier molecular flexibility index (Phi) is 13.5. The fourth-order valence-corrected chi connectivity index (χ4v) is 6.41. The molecule has 3 heterocycles. The number of hydrogen-bond donors (Lipinski definition) is 2. The quantitative estimate of drug-likeness (QED) is 0.0781. The van der Waals surface area contributed by atoms with Crippen LogP contribution in [0.15, 0.2) is 107 Å². The zero-order chi connectivity index (χ0) is 32.1. The highest BCUT2D eigenvalue weighted by Gasteiger charge is 2.08. The summed E-state index contributed by atoms with van der Waals surface area (Å²) >= 11 is 3.32. The van der Waals surface area contributed by atoms with Gasteiger partial charge in [-0.25, -0.2) is 4.98 Å². The second kappa shape index (κ2) is 17.3. The number of nitrogens with two attached hydrogens (primary N) is 1. The van der Waals surface area contributed by atoms with Crippen molar-refractivity contribution in [2.45, 2.75) is 65.5 Å². The van der Waals surface area contributed by atoms with Crippen molar-refractivity contribution in [2.24, 2.45) is 4.99 Å². The molecule has 0 radical (unpaired) electrons. The zero-order valence-corrected chi connectivity index (χ0v) is 28.7. The number of fused-ring (bicyclic) bond motifs is 1. The number of allylic oxidation sites excluding steroid dienone is 1. The number of benzene rings is 2. The molecule has 3 aromatic heterocycles. The first-order chi connectivity index (χ1) is 21.3. The molecule has 5 aromatic rings. The standard InChI is InChI=1S/C25H25N5S2.C10H14.C2H6/c1-16-11-12-30-22(15-28-24(30)13-16)17(2)14-27-19(4)31-25-10-9-23(32-25)18(3)29-21-8-6-5-7-20(21)26;1-3-9-7-5-6-8-10(9)4-2;1-2/h5-15,29H,3,26H2,1-2,4H3;5-8H,3-4H2,1-2H3;1-2H3/b17-14+,27-19?;;. The van der Waals surface area contributed by atoms with Crippen molar-refractivity contribution in [1.82, 2.24) is 9.38 Å². The molecule has 0 unspecified atom stereocenters. The second-order valence-electron chi connectivity index (χ2n) is 9.92. The number of imidazole rings is 1. The van der Waals surface area contributed by atoms with E-state index in [1.807, 2.05) is 63.6 Å². The van der Waals surface area contributed by atoms with E-state index in [1.54, 1.807) is 23.1 Å². The number of aryl methyl sites for hydroxylation is 3. The first-order valence-corrected chi connectivity index (χ1v) is 16.7. The van der Waals surface area contributed by atoms with Crippen LogP contribution in [0.3, 0.4) is 0 Å². The first-order valence-electron chi connectivity index (χ1n) is 15.1. The Bertz CT molecular complexity index is 1700. The monoisotopic (exact) mass is 623 g/mol. The summed E-state index contributed by atoms with van der Waals surface area (Å²) in [6, 6.07) is 24.6. The Morgan fingerprint density at radius 1 is 1.00 bits per heavy atom. The maximum absolute atomic E-state index is 6.02. The van der Waals surface area contributed by atoms with Crippen LogP contribution in [-0.2, 0) is 12.8 Å². The molecule has 0 amide bonds. The first kappa shape index (κ1) is 34.4. The van der Waals surface area contributed by atoms with Crippen molar-refractivity contribution >= 4 is 56.4 Å². The number of nitrogens with one attached hydrogen (secondary N) is 1. The molecular formula is C37H45N5S2. The number of anilines is 2. The summed E-state index contributed by atoms with van der Waals surface area (Å²) in [6.07, 6.45) is 8.15. The predicted octanol–water partition coefficient (Wildman–Crippen LogP) is 10.8. The predicted molar refractivity (Wildman–Crippen MR) is 197 cm³/mol. The van der Waals surface area contributed by atoms with Gasteiger partial charge in [0.2, 0.25) is 0 Å². The number of rotatable bonds is 8. The van der Waals surface area contributed by atoms with E-state index < -0.39 is 0 Å². The van der Waals surface area contributed by atoms with Gasteiger partial charge in [0.25, 0.3) is 0 Å². The lowest BCUT2D eigenvalue weighted by molar-refractivity contribution is 1.04. The average molecular weight is 624 g/mol. The summed E-state index contributed by atoms with van der Waals surface area (Å²) < 4.78 is 3.24. The summed E-state index contributed by atoms with van der Waals surface area (Å²) in [5.74, 6) is 0. The summed E-state index contributed by atoms with van der Waals surface area (Å²) in [5.41, 5.74) is 15.6. The van der Waals surface area contributed by atoms with Crippen molar-refractivity contribution in [3.63, 3.8) is 0 Å². The second-order valence-corrected chi connectivity index (χ2v) is 12.5. The molecule has 0 aliphatic heterocycles. The molecule has 44 heavy (non-hydrogen) atoms.